The van der Waals surface area contributed by atoms with Gasteiger partial charge in [0, 0.05) is 17.7 Å². The lowest BCUT2D eigenvalue weighted by Crippen LogP contribution is -2.08. The van der Waals surface area contributed by atoms with Crippen molar-refractivity contribution in [3.8, 4) is 5.88 Å². The maximum Gasteiger partial charge on any atom is 0.336 e. The average Bonchev–Trinajstić information content (AvgIpc) is 2.47. The van der Waals surface area contributed by atoms with E-state index in [1.54, 1.807) is 24.3 Å². The highest BCUT2D eigenvalue weighted by Crippen LogP contribution is 2.13. The third kappa shape index (κ3) is 3.17. The Kier molecular flexibility index (Phi) is 4.05. The standard InChI is InChI=1S/C16H13NO3/c1-3-15(18)20-14-6-4-5-13(17-14)16(19)12-9-7-11(2)8-10-12/h3-10H,1H2,2H3. The molecule has 0 aliphatic rings. The van der Waals surface area contributed by atoms with E-state index in [0.717, 1.165) is 11.6 Å². The molecule has 0 atom stereocenters. The zero-order valence-corrected chi connectivity index (χ0v) is 11.0. The number of carbonyl (C=O) groups is 2. The van der Waals surface area contributed by atoms with Crippen LogP contribution in [0, 0.1) is 6.92 Å². The molecule has 0 radical (unpaired) electrons. The smallest absolute Gasteiger partial charge is 0.336 e. The van der Waals surface area contributed by atoms with E-state index < -0.39 is 5.97 Å². The number of nitrogens with zero attached hydrogens (tertiary/aromatic N) is 1. The summed E-state index contributed by atoms with van der Waals surface area (Å²) in [6.45, 7) is 5.25. The summed E-state index contributed by atoms with van der Waals surface area (Å²) in [5.74, 6) is -0.758. The number of rotatable bonds is 4. The fraction of sp³-hybridized carbons (Fsp3) is 0.0625. The second-order valence-electron chi connectivity index (χ2n) is 4.18. The molecule has 2 aromatic rings. The molecule has 0 aliphatic carbocycles. The lowest BCUT2D eigenvalue weighted by molar-refractivity contribution is -0.129. The lowest BCUT2D eigenvalue weighted by atomic mass is 10.1. The molecule has 0 N–H and O–H groups in total. The van der Waals surface area contributed by atoms with Crippen LogP contribution >= 0.6 is 0 Å². The molecule has 2 rings (SSSR count). The molecule has 0 unspecified atom stereocenters. The van der Waals surface area contributed by atoms with Gasteiger partial charge in [-0.3, -0.25) is 4.79 Å². The zero-order valence-electron chi connectivity index (χ0n) is 11.0. The van der Waals surface area contributed by atoms with E-state index in [1.807, 2.05) is 19.1 Å². The van der Waals surface area contributed by atoms with Crippen LogP contribution in [0.25, 0.3) is 0 Å². The molecule has 4 heteroatoms. The van der Waals surface area contributed by atoms with Gasteiger partial charge in [-0.25, -0.2) is 9.78 Å². The normalized spacial score (nSPS) is 9.85. The first kappa shape index (κ1) is 13.7. The molecule has 0 amide bonds. The highest BCUT2D eigenvalue weighted by Gasteiger charge is 2.12. The van der Waals surface area contributed by atoms with Gasteiger partial charge in [-0.05, 0) is 13.0 Å². The van der Waals surface area contributed by atoms with Crippen LogP contribution < -0.4 is 4.74 Å². The Labute approximate surface area is 116 Å². The van der Waals surface area contributed by atoms with Gasteiger partial charge in [-0.1, -0.05) is 42.5 Å². The molecular weight excluding hydrogens is 254 g/mol. The number of esters is 1. The van der Waals surface area contributed by atoms with Crippen LogP contribution in [0.4, 0.5) is 0 Å². The summed E-state index contributed by atoms with van der Waals surface area (Å²) in [5.41, 5.74) is 1.83. The summed E-state index contributed by atoms with van der Waals surface area (Å²) in [5, 5.41) is 0. The molecule has 1 heterocycles. The van der Waals surface area contributed by atoms with E-state index in [2.05, 4.69) is 11.6 Å². The Morgan fingerprint density at radius 2 is 1.85 bits per heavy atom. The van der Waals surface area contributed by atoms with Crippen LogP contribution in [-0.2, 0) is 4.79 Å². The van der Waals surface area contributed by atoms with Crippen LogP contribution in [0.3, 0.4) is 0 Å². The van der Waals surface area contributed by atoms with E-state index >= 15 is 0 Å². The van der Waals surface area contributed by atoms with Crippen LogP contribution in [0.5, 0.6) is 5.88 Å². The van der Waals surface area contributed by atoms with Crippen molar-refractivity contribution in [2.24, 2.45) is 0 Å². The summed E-state index contributed by atoms with van der Waals surface area (Å²) >= 11 is 0. The van der Waals surface area contributed by atoms with Crippen molar-refractivity contribution in [3.05, 3.63) is 71.9 Å². The van der Waals surface area contributed by atoms with Crippen molar-refractivity contribution in [2.75, 3.05) is 0 Å². The molecule has 0 saturated heterocycles. The number of carbonyl (C=O) groups excluding carboxylic acids is 2. The number of ketones is 1. The van der Waals surface area contributed by atoms with Crippen LogP contribution in [-0.4, -0.2) is 16.7 Å². The van der Waals surface area contributed by atoms with E-state index in [-0.39, 0.29) is 17.4 Å². The van der Waals surface area contributed by atoms with Gasteiger partial charge in [0.2, 0.25) is 11.7 Å². The SMILES string of the molecule is C=CC(=O)Oc1cccc(C(=O)c2ccc(C)cc2)n1. The zero-order chi connectivity index (χ0) is 14.5. The van der Waals surface area contributed by atoms with Gasteiger partial charge in [0.1, 0.15) is 5.69 Å². The average molecular weight is 267 g/mol. The predicted octanol–water partition coefficient (Wildman–Crippen LogP) is 2.71. The maximum atomic E-state index is 12.2. The number of ether oxygens (including phenoxy) is 1. The summed E-state index contributed by atoms with van der Waals surface area (Å²) in [6.07, 6.45) is 1.04. The van der Waals surface area contributed by atoms with Gasteiger partial charge in [-0.15, -0.1) is 0 Å². The Bertz CT molecular complexity index is 660. The second kappa shape index (κ2) is 5.93. The van der Waals surface area contributed by atoms with Gasteiger partial charge in [0.25, 0.3) is 0 Å². The topological polar surface area (TPSA) is 56.3 Å². The van der Waals surface area contributed by atoms with Crippen molar-refractivity contribution in [1.82, 2.24) is 4.98 Å². The van der Waals surface area contributed by atoms with Crippen molar-refractivity contribution in [1.29, 1.82) is 0 Å². The lowest BCUT2D eigenvalue weighted by Gasteiger charge is -2.04. The van der Waals surface area contributed by atoms with Crippen molar-refractivity contribution in [2.45, 2.75) is 6.92 Å². The van der Waals surface area contributed by atoms with E-state index in [0.29, 0.717) is 5.56 Å². The maximum absolute atomic E-state index is 12.2. The van der Waals surface area contributed by atoms with Crippen LogP contribution in [0.1, 0.15) is 21.6 Å². The van der Waals surface area contributed by atoms with Gasteiger partial charge in [0.05, 0.1) is 0 Å². The summed E-state index contributed by atoms with van der Waals surface area (Å²) in [6, 6.07) is 11.9. The van der Waals surface area contributed by atoms with E-state index in [9.17, 15) is 9.59 Å². The molecule has 1 aromatic heterocycles. The molecule has 4 nitrogen and oxygen atoms in total. The minimum absolute atomic E-state index is 0.0767. The Morgan fingerprint density at radius 1 is 1.15 bits per heavy atom. The van der Waals surface area contributed by atoms with Gasteiger partial charge in [0.15, 0.2) is 0 Å². The molecule has 0 saturated carbocycles. The first-order valence-electron chi connectivity index (χ1n) is 6.03. The fourth-order valence-electron chi connectivity index (χ4n) is 1.60. The Morgan fingerprint density at radius 3 is 2.50 bits per heavy atom. The monoisotopic (exact) mass is 267 g/mol. The van der Waals surface area contributed by atoms with Crippen molar-refractivity contribution in [3.63, 3.8) is 0 Å². The number of pyridine rings is 1. The number of aryl methyl sites for hydroxylation is 1. The number of benzene rings is 1. The molecule has 0 aliphatic heterocycles. The molecule has 100 valence electrons. The third-order valence-corrected chi connectivity index (χ3v) is 2.64. The first-order chi connectivity index (χ1) is 9.60. The molecule has 20 heavy (non-hydrogen) atoms. The molecule has 0 bridgehead atoms. The van der Waals surface area contributed by atoms with Crippen molar-refractivity contribution < 1.29 is 14.3 Å². The van der Waals surface area contributed by atoms with Crippen LogP contribution in [0.15, 0.2) is 55.1 Å². The third-order valence-electron chi connectivity index (χ3n) is 2.64. The highest BCUT2D eigenvalue weighted by molar-refractivity contribution is 6.07. The predicted molar refractivity (Wildman–Crippen MR) is 74.7 cm³/mol. The molecule has 1 aromatic carbocycles. The van der Waals surface area contributed by atoms with Gasteiger partial charge < -0.3 is 4.74 Å². The molecular formula is C16H13NO3. The van der Waals surface area contributed by atoms with Crippen LogP contribution in [0.2, 0.25) is 0 Å². The molecule has 0 fully saturated rings. The number of hydrogen-bond donors (Lipinski definition) is 0. The quantitative estimate of drug-likeness (QED) is 0.485. The summed E-state index contributed by atoms with van der Waals surface area (Å²) < 4.78 is 4.89. The molecule has 0 spiro atoms. The summed E-state index contributed by atoms with van der Waals surface area (Å²) in [4.78, 5) is 27.4. The van der Waals surface area contributed by atoms with E-state index in [4.69, 9.17) is 4.74 Å². The van der Waals surface area contributed by atoms with Gasteiger partial charge >= 0.3 is 5.97 Å². The highest BCUT2D eigenvalue weighted by atomic mass is 16.5. The van der Waals surface area contributed by atoms with Crippen molar-refractivity contribution >= 4 is 11.8 Å². The fourth-order valence-corrected chi connectivity index (χ4v) is 1.60. The number of aromatic nitrogens is 1. The van der Waals surface area contributed by atoms with E-state index in [1.165, 1.54) is 6.07 Å². The largest absolute Gasteiger partial charge is 0.404 e. The Balaban J connectivity index is 2.26. The second-order valence-corrected chi connectivity index (χ2v) is 4.18. The van der Waals surface area contributed by atoms with Gasteiger partial charge in [-0.2, -0.15) is 0 Å². The Hall–Kier alpha value is -2.75. The minimum Gasteiger partial charge on any atom is -0.404 e. The summed E-state index contributed by atoms with van der Waals surface area (Å²) in [7, 11) is 0. The number of hydrogen-bond acceptors (Lipinski definition) is 4. The first-order valence-corrected chi connectivity index (χ1v) is 6.03. The minimum atomic E-state index is -0.613.